The maximum absolute atomic E-state index is 12.7. The first kappa shape index (κ1) is 27.8. The van der Waals surface area contributed by atoms with Crippen molar-refractivity contribution in [1.82, 2.24) is 20.9 Å². The number of ether oxygens (including phenoxy) is 1. The number of aromatic hydroxyl groups is 1. The first-order chi connectivity index (χ1) is 17.6. The molecule has 2 heterocycles. The summed E-state index contributed by atoms with van der Waals surface area (Å²) in [5.41, 5.74) is 0.423. The first-order valence-electron chi connectivity index (χ1n) is 10.8. The van der Waals surface area contributed by atoms with Gasteiger partial charge in [-0.05, 0) is 18.2 Å². The summed E-state index contributed by atoms with van der Waals surface area (Å²) in [5, 5.41) is 39.7. The average Bonchev–Trinajstić information content (AvgIpc) is 2.85. The minimum atomic E-state index is -1.25. The summed E-state index contributed by atoms with van der Waals surface area (Å²) in [6, 6.07) is 2.83. The predicted octanol–water partition coefficient (Wildman–Crippen LogP) is 0.897. The number of nitrogens with one attached hydrogen (secondary N) is 4. The number of phenols is 1. The minimum Gasteiger partial charge on any atom is -0.506 e. The largest absolute Gasteiger partial charge is 0.506 e. The number of carbonyl (C=O) groups excluding carboxylic acids is 2. The molecular weight excluding hydrogens is 531 g/mol. The van der Waals surface area contributed by atoms with Crippen LogP contribution in [0.2, 0.25) is 10.0 Å². The van der Waals surface area contributed by atoms with Gasteiger partial charge >= 0.3 is 5.97 Å². The number of aromatic nitrogens is 1. The molecule has 0 fully saturated rings. The van der Waals surface area contributed by atoms with Gasteiger partial charge in [-0.2, -0.15) is 0 Å². The van der Waals surface area contributed by atoms with Crippen LogP contribution in [0, 0.1) is 0 Å². The fourth-order valence-electron chi connectivity index (χ4n) is 3.34. The van der Waals surface area contributed by atoms with E-state index in [0.717, 1.165) is 0 Å². The number of β-amino-alcohol motifs (C(OH)–C–C–N with tert-alkyl or cyclic N) is 1. The summed E-state index contributed by atoms with van der Waals surface area (Å²) in [7, 11) is 1.40. The van der Waals surface area contributed by atoms with Crippen LogP contribution in [-0.2, 0) is 9.59 Å². The maximum Gasteiger partial charge on any atom is 0.305 e. The van der Waals surface area contributed by atoms with Crippen LogP contribution in [0.4, 0.5) is 5.69 Å². The van der Waals surface area contributed by atoms with Gasteiger partial charge in [-0.1, -0.05) is 23.2 Å². The van der Waals surface area contributed by atoms with E-state index >= 15 is 0 Å². The number of aliphatic hydroxyl groups excluding tert-OH is 1. The predicted molar refractivity (Wildman–Crippen MR) is 134 cm³/mol. The summed E-state index contributed by atoms with van der Waals surface area (Å²) in [6.07, 6.45) is 0.0656. The molecule has 2 aromatic rings. The summed E-state index contributed by atoms with van der Waals surface area (Å²) in [4.78, 5) is 44.7. The number of carboxylic acid groups (broad SMARTS) is 1. The van der Waals surface area contributed by atoms with E-state index in [-0.39, 0.29) is 33.6 Å². The summed E-state index contributed by atoms with van der Waals surface area (Å²) in [5.74, 6) is -2.50. The molecule has 13 nitrogen and oxygen atoms in total. The number of aliphatic carboxylic acids is 1. The quantitative estimate of drug-likeness (QED) is 0.234. The SMILES string of the molecule is COc1ncc(C(=O)NCC(=O)N[C@@H](CC(=O)O)c2cc(Cl)cc(Cl)c2O)cc1NC1=NCC(O)CN1. The number of halogens is 2. The summed E-state index contributed by atoms with van der Waals surface area (Å²) in [6.45, 7) is -0.0216. The second-order valence-corrected chi connectivity index (χ2v) is 8.70. The Morgan fingerprint density at radius 1 is 1.27 bits per heavy atom. The number of hydrogen-bond donors (Lipinski definition) is 7. The molecule has 2 atom stereocenters. The number of amides is 2. The number of aliphatic imine (C=N–C) groups is 1. The van der Waals surface area contributed by atoms with Crippen LogP contribution in [0.1, 0.15) is 28.4 Å². The van der Waals surface area contributed by atoms with E-state index in [1.807, 2.05) is 0 Å². The second kappa shape index (κ2) is 12.4. The number of guanidine groups is 1. The zero-order valence-corrected chi connectivity index (χ0v) is 20.9. The normalized spacial score (nSPS) is 15.6. The molecule has 15 heteroatoms. The monoisotopic (exact) mass is 554 g/mol. The van der Waals surface area contributed by atoms with Gasteiger partial charge < -0.3 is 41.3 Å². The number of methoxy groups -OCH3 is 1. The zero-order valence-electron chi connectivity index (χ0n) is 19.4. The highest BCUT2D eigenvalue weighted by Gasteiger charge is 2.24. The Bertz CT molecular complexity index is 1230. The third-order valence-electron chi connectivity index (χ3n) is 5.08. The molecule has 0 spiro atoms. The lowest BCUT2D eigenvalue weighted by atomic mass is 10.0. The topological polar surface area (TPSA) is 194 Å². The van der Waals surface area contributed by atoms with Crippen LogP contribution < -0.4 is 26.0 Å². The van der Waals surface area contributed by atoms with Crippen LogP contribution in [-0.4, -0.2) is 76.9 Å². The van der Waals surface area contributed by atoms with Gasteiger partial charge in [-0.15, -0.1) is 0 Å². The average molecular weight is 555 g/mol. The van der Waals surface area contributed by atoms with Crippen LogP contribution in [0.5, 0.6) is 11.6 Å². The Balaban J connectivity index is 1.68. The molecule has 7 N–H and O–H groups in total. The number of hydrogen-bond acceptors (Lipinski definition) is 10. The van der Waals surface area contributed by atoms with E-state index in [0.29, 0.717) is 18.2 Å². The van der Waals surface area contributed by atoms with E-state index in [9.17, 15) is 29.7 Å². The highest BCUT2D eigenvalue weighted by molar-refractivity contribution is 6.35. The van der Waals surface area contributed by atoms with Gasteiger partial charge in [0.2, 0.25) is 11.8 Å². The Morgan fingerprint density at radius 3 is 2.68 bits per heavy atom. The van der Waals surface area contributed by atoms with Crippen LogP contribution in [0.25, 0.3) is 0 Å². The zero-order chi connectivity index (χ0) is 27.1. The number of carbonyl (C=O) groups is 3. The number of rotatable bonds is 9. The van der Waals surface area contributed by atoms with E-state index in [2.05, 4.69) is 31.2 Å². The van der Waals surface area contributed by atoms with Crippen molar-refractivity contribution in [2.75, 3.05) is 32.1 Å². The van der Waals surface area contributed by atoms with E-state index in [1.165, 1.54) is 31.5 Å². The molecule has 1 aliphatic heterocycles. The molecule has 1 aromatic carbocycles. The Kier molecular flexibility index (Phi) is 9.33. The van der Waals surface area contributed by atoms with Gasteiger partial charge in [-0.25, -0.2) is 4.98 Å². The van der Waals surface area contributed by atoms with Crippen molar-refractivity contribution in [1.29, 1.82) is 0 Å². The molecule has 3 rings (SSSR count). The number of carboxylic acids is 1. The maximum atomic E-state index is 12.7. The minimum absolute atomic E-state index is 0.0152. The number of nitrogens with zero attached hydrogens (tertiary/aromatic N) is 2. The number of pyridine rings is 1. The Morgan fingerprint density at radius 2 is 2.03 bits per heavy atom. The molecule has 2 amide bonds. The highest BCUT2D eigenvalue weighted by Crippen LogP contribution is 2.36. The second-order valence-electron chi connectivity index (χ2n) is 7.86. The molecule has 1 unspecified atom stereocenters. The number of aliphatic hydroxyl groups is 1. The molecule has 0 aliphatic carbocycles. The van der Waals surface area contributed by atoms with Crippen LogP contribution in [0.3, 0.4) is 0 Å². The molecule has 0 radical (unpaired) electrons. The summed E-state index contributed by atoms with van der Waals surface area (Å²) < 4.78 is 5.20. The van der Waals surface area contributed by atoms with Gasteiger partial charge in [0, 0.05) is 23.3 Å². The first-order valence-corrected chi connectivity index (χ1v) is 11.6. The molecule has 0 saturated heterocycles. The van der Waals surface area contributed by atoms with Gasteiger partial charge in [-0.3, -0.25) is 19.4 Å². The van der Waals surface area contributed by atoms with Crippen molar-refractivity contribution < 1.29 is 34.4 Å². The van der Waals surface area contributed by atoms with Crippen molar-refractivity contribution in [2.45, 2.75) is 18.6 Å². The van der Waals surface area contributed by atoms with Crippen molar-refractivity contribution in [3.63, 3.8) is 0 Å². The lowest BCUT2D eigenvalue weighted by Crippen LogP contribution is -2.42. The van der Waals surface area contributed by atoms with E-state index in [1.54, 1.807) is 0 Å². The number of benzene rings is 1. The lowest BCUT2D eigenvalue weighted by Gasteiger charge is -2.21. The van der Waals surface area contributed by atoms with Crippen molar-refractivity contribution in [2.24, 2.45) is 4.99 Å². The highest BCUT2D eigenvalue weighted by atomic mass is 35.5. The van der Waals surface area contributed by atoms with Crippen molar-refractivity contribution in [3.05, 3.63) is 45.6 Å². The summed E-state index contributed by atoms with van der Waals surface area (Å²) >= 11 is 11.9. The van der Waals surface area contributed by atoms with Gasteiger partial charge in [0.25, 0.3) is 5.91 Å². The fraction of sp³-hybridized carbons (Fsp3) is 0.318. The lowest BCUT2D eigenvalue weighted by molar-refractivity contribution is -0.137. The number of anilines is 1. The Hall–Kier alpha value is -3.81. The molecule has 37 heavy (non-hydrogen) atoms. The molecule has 1 aliphatic rings. The van der Waals surface area contributed by atoms with Gasteiger partial charge in [0.15, 0.2) is 5.96 Å². The molecular formula is C22H24Cl2N6O7. The number of phenolic OH excluding ortho intramolecular Hbond substituents is 1. The molecule has 0 saturated carbocycles. The van der Waals surface area contributed by atoms with Crippen molar-refractivity contribution in [3.8, 4) is 11.6 Å². The third kappa shape index (κ3) is 7.59. The van der Waals surface area contributed by atoms with Crippen molar-refractivity contribution >= 4 is 52.6 Å². The molecule has 1 aromatic heterocycles. The van der Waals surface area contributed by atoms with Crippen LogP contribution >= 0.6 is 23.2 Å². The van der Waals surface area contributed by atoms with Gasteiger partial charge in [0.1, 0.15) is 11.4 Å². The smallest absolute Gasteiger partial charge is 0.305 e. The Labute approximate surface area is 220 Å². The molecule has 198 valence electrons. The van der Waals surface area contributed by atoms with E-state index < -0.39 is 48.6 Å². The van der Waals surface area contributed by atoms with Crippen LogP contribution in [0.15, 0.2) is 29.4 Å². The van der Waals surface area contributed by atoms with E-state index in [4.69, 9.17) is 27.9 Å². The van der Waals surface area contributed by atoms with Gasteiger partial charge in [0.05, 0.1) is 49.4 Å². The standard InChI is InChI=1S/C22H24Cl2N6O7/c1-37-21-16(30-22-27-7-12(31)8-28-22)2-10(6-26-21)20(36)25-9-17(32)29-15(5-18(33)34)13-3-11(23)4-14(24)19(13)35/h2-4,6,12,15,31,35H,5,7-9H2,1H3,(H,25,36)(H,29,32)(H,33,34)(H2,27,28,30)/t15-/m0/s1. The fourth-order valence-corrected chi connectivity index (χ4v) is 3.85. The molecule has 0 bridgehead atoms. The third-order valence-corrected chi connectivity index (χ3v) is 5.59.